The fourth-order valence-corrected chi connectivity index (χ4v) is 3.58. The van der Waals surface area contributed by atoms with E-state index in [1.165, 1.54) is 11.3 Å². The highest BCUT2D eigenvalue weighted by molar-refractivity contribution is 7.16. The van der Waals surface area contributed by atoms with Gasteiger partial charge >= 0.3 is 12.1 Å². The summed E-state index contributed by atoms with van der Waals surface area (Å²) < 4.78 is 10.9. The molecule has 1 aromatic rings. The van der Waals surface area contributed by atoms with Gasteiger partial charge in [-0.2, -0.15) is 0 Å². The van der Waals surface area contributed by atoms with Crippen LogP contribution in [0.1, 0.15) is 62.3 Å². The third-order valence-electron chi connectivity index (χ3n) is 3.34. The monoisotopic (exact) mass is 354 g/mol. The number of carbonyl (C=O) groups excluding carboxylic acids is 2. The normalized spacial score (nSPS) is 15.0. The van der Waals surface area contributed by atoms with E-state index in [-0.39, 0.29) is 6.09 Å². The van der Waals surface area contributed by atoms with E-state index in [4.69, 9.17) is 15.2 Å². The van der Waals surface area contributed by atoms with E-state index in [2.05, 4.69) is 0 Å². The van der Waals surface area contributed by atoms with Crippen molar-refractivity contribution >= 4 is 28.4 Å². The van der Waals surface area contributed by atoms with Gasteiger partial charge in [0.1, 0.15) is 16.2 Å². The number of carbonyl (C=O) groups is 2. The largest absolute Gasteiger partial charge is 0.456 e. The first-order valence-corrected chi connectivity index (χ1v) is 8.80. The van der Waals surface area contributed by atoms with Crippen molar-refractivity contribution in [2.45, 2.75) is 65.7 Å². The predicted molar refractivity (Wildman–Crippen MR) is 94.2 cm³/mol. The van der Waals surface area contributed by atoms with Crippen molar-refractivity contribution < 1.29 is 19.1 Å². The number of hydrogen-bond donors (Lipinski definition) is 1. The summed E-state index contributed by atoms with van der Waals surface area (Å²) in [6.45, 7) is 11.9. The lowest BCUT2D eigenvalue weighted by Crippen LogP contribution is -2.39. The highest BCUT2D eigenvalue weighted by atomic mass is 32.1. The van der Waals surface area contributed by atoms with Crippen LogP contribution >= 0.6 is 11.3 Å². The fourth-order valence-electron chi connectivity index (χ4n) is 2.46. The molecule has 0 saturated carbocycles. The average Bonchev–Trinajstić information content (AvgIpc) is 2.69. The Morgan fingerprint density at radius 2 is 1.67 bits per heavy atom. The quantitative estimate of drug-likeness (QED) is 0.780. The topological polar surface area (TPSA) is 81.9 Å². The molecule has 0 saturated heterocycles. The zero-order valence-electron chi connectivity index (χ0n) is 15.2. The highest BCUT2D eigenvalue weighted by Crippen LogP contribution is 2.36. The van der Waals surface area contributed by atoms with E-state index in [0.29, 0.717) is 30.1 Å². The Balaban J connectivity index is 2.19. The molecule has 1 aliphatic heterocycles. The molecule has 1 amide bonds. The number of thiophene rings is 1. The molecule has 0 spiro atoms. The molecule has 7 heteroatoms. The molecule has 0 aliphatic carbocycles. The van der Waals surface area contributed by atoms with Gasteiger partial charge in [-0.05, 0) is 53.5 Å². The van der Waals surface area contributed by atoms with Crippen LogP contribution in [0.2, 0.25) is 0 Å². The Kier molecular flexibility index (Phi) is 4.86. The molecule has 0 fully saturated rings. The zero-order valence-corrected chi connectivity index (χ0v) is 16.0. The van der Waals surface area contributed by atoms with Crippen LogP contribution in [-0.2, 0) is 22.4 Å². The van der Waals surface area contributed by atoms with Crippen molar-refractivity contribution in [3.05, 3.63) is 16.0 Å². The van der Waals surface area contributed by atoms with Crippen LogP contribution in [0.25, 0.3) is 0 Å². The molecule has 2 rings (SSSR count). The lowest BCUT2D eigenvalue weighted by molar-refractivity contribution is 0.00697. The minimum atomic E-state index is -0.574. The van der Waals surface area contributed by atoms with Crippen molar-refractivity contribution in [3.63, 3.8) is 0 Å². The molecule has 1 aliphatic rings. The Hall–Kier alpha value is -1.76. The second-order valence-electron chi connectivity index (χ2n) is 7.90. The Labute approximate surface area is 146 Å². The summed E-state index contributed by atoms with van der Waals surface area (Å²) in [6.07, 6.45) is 0.218. The number of hydrogen-bond acceptors (Lipinski definition) is 6. The second-order valence-corrected chi connectivity index (χ2v) is 9.03. The predicted octanol–water partition coefficient (Wildman–Crippen LogP) is 3.58. The summed E-state index contributed by atoms with van der Waals surface area (Å²) in [6, 6.07) is 0. The summed E-state index contributed by atoms with van der Waals surface area (Å²) in [5.74, 6) is -0.400. The standard InChI is InChI=1S/C17H26N2O4S/c1-16(2,3)22-14(20)12-10-7-8-19(9-11(10)24-13(12)18)15(21)23-17(4,5)6/h7-9,18H2,1-6H3. The maximum Gasteiger partial charge on any atom is 0.410 e. The number of ether oxygens (including phenoxy) is 2. The molecule has 0 unspecified atom stereocenters. The first-order valence-electron chi connectivity index (χ1n) is 7.98. The maximum absolute atomic E-state index is 12.4. The molecule has 6 nitrogen and oxygen atoms in total. The molecule has 134 valence electrons. The lowest BCUT2D eigenvalue weighted by atomic mass is 10.0. The van der Waals surface area contributed by atoms with Crippen molar-refractivity contribution in [1.82, 2.24) is 4.90 Å². The van der Waals surface area contributed by atoms with Gasteiger partial charge in [-0.3, -0.25) is 0 Å². The van der Waals surface area contributed by atoms with Gasteiger partial charge in [-0.25, -0.2) is 9.59 Å². The lowest BCUT2D eigenvalue weighted by Gasteiger charge is -2.30. The zero-order chi connectivity index (χ0) is 18.3. The van der Waals surface area contributed by atoms with E-state index in [9.17, 15) is 9.59 Å². The number of nitrogens with two attached hydrogens (primary N) is 1. The number of rotatable bonds is 1. The number of nitrogens with zero attached hydrogens (tertiary/aromatic N) is 1. The molecule has 0 radical (unpaired) electrons. The molecule has 2 N–H and O–H groups in total. The number of amides is 1. The molecule has 0 aromatic carbocycles. The fraction of sp³-hybridized carbons (Fsp3) is 0.647. The molecule has 0 atom stereocenters. The van der Waals surface area contributed by atoms with Crippen molar-refractivity contribution in [1.29, 1.82) is 0 Å². The maximum atomic E-state index is 12.4. The van der Waals surface area contributed by atoms with E-state index < -0.39 is 17.2 Å². The average molecular weight is 354 g/mol. The van der Waals surface area contributed by atoms with Crippen molar-refractivity contribution in [2.24, 2.45) is 0 Å². The summed E-state index contributed by atoms with van der Waals surface area (Å²) >= 11 is 1.34. The van der Waals surface area contributed by atoms with Crippen molar-refractivity contribution in [3.8, 4) is 0 Å². The van der Waals surface area contributed by atoms with Gasteiger partial charge in [0.25, 0.3) is 0 Å². The molecule has 1 aromatic heterocycles. The van der Waals surface area contributed by atoms with Crippen LogP contribution in [0.5, 0.6) is 0 Å². The van der Waals surface area contributed by atoms with E-state index in [1.807, 2.05) is 41.5 Å². The molecule has 2 heterocycles. The van der Waals surface area contributed by atoms with E-state index >= 15 is 0 Å². The molecule has 0 bridgehead atoms. The van der Waals surface area contributed by atoms with Gasteiger partial charge in [-0.15, -0.1) is 11.3 Å². The van der Waals surface area contributed by atoms with Gasteiger partial charge in [0.2, 0.25) is 0 Å². The van der Waals surface area contributed by atoms with Crippen LogP contribution in [-0.4, -0.2) is 34.7 Å². The van der Waals surface area contributed by atoms with E-state index in [0.717, 1.165) is 10.4 Å². The van der Waals surface area contributed by atoms with E-state index in [1.54, 1.807) is 4.90 Å². The third-order valence-corrected chi connectivity index (χ3v) is 4.38. The Morgan fingerprint density at radius 1 is 1.08 bits per heavy atom. The summed E-state index contributed by atoms with van der Waals surface area (Å²) in [7, 11) is 0. The first-order chi connectivity index (χ1) is 10.9. The molecule has 24 heavy (non-hydrogen) atoms. The van der Waals surface area contributed by atoms with Gasteiger partial charge in [0, 0.05) is 11.4 Å². The van der Waals surface area contributed by atoms with Crippen LogP contribution in [0.3, 0.4) is 0 Å². The van der Waals surface area contributed by atoms with Gasteiger partial charge < -0.3 is 20.1 Å². The van der Waals surface area contributed by atoms with Gasteiger partial charge in [0.05, 0.1) is 12.1 Å². The smallest absolute Gasteiger partial charge is 0.410 e. The Morgan fingerprint density at radius 3 is 2.21 bits per heavy atom. The summed E-state index contributed by atoms with van der Waals surface area (Å²) in [4.78, 5) is 27.2. The molecular weight excluding hydrogens is 328 g/mol. The molecular formula is C17H26N2O4S. The van der Waals surface area contributed by atoms with Crippen LogP contribution in [0.15, 0.2) is 0 Å². The van der Waals surface area contributed by atoms with Crippen LogP contribution < -0.4 is 5.73 Å². The van der Waals surface area contributed by atoms with Crippen LogP contribution in [0.4, 0.5) is 9.80 Å². The number of nitrogen functional groups attached to an aromatic ring is 1. The van der Waals surface area contributed by atoms with Crippen molar-refractivity contribution in [2.75, 3.05) is 12.3 Å². The SMILES string of the molecule is CC(C)(C)OC(=O)c1c(N)sc2c1CCN(C(=O)OC(C)(C)C)C2. The number of esters is 1. The first kappa shape index (κ1) is 18.6. The Bertz CT molecular complexity index is 653. The number of anilines is 1. The van der Waals surface area contributed by atoms with Crippen LogP contribution in [0, 0.1) is 0 Å². The van der Waals surface area contributed by atoms with Gasteiger partial charge in [-0.1, -0.05) is 0 Å². The summed E-state index contributed by atoms with van der Waals surface area (Å²) in [5, 5.41) is 0.445. The second kappa shape index (κ2) is 6.27. The minimum Gasteiger partial charge on any atom is -0.456 e. The number of fused-ring (bicyclic) bond motifs is 1. The minimum absolute atomic E-state index is 0.348. The summed E-state index contributed by atoms with van der Waals surface area (Å²) in [5.41, 5.74) is 6.29. The highest BCUT2D eigenvalue weighted by Gasteiger charge is 2.32. The third kappa shape index (κ3) is 4.41. The van der Waals surface area contributed by atoms with Gasteiger partial charge in [0.15, 0.2) is 0 Å².